The van der Waals surface area contributed by atoms with Crippen molar-refractivity contribution < 1.29 is 9.53 Å². The van der Waals surface area contributed by atoms with Crippen molar-refractivity contribution in [3.05, 3.63) is 72.3 Å². The molecule has 8 heteroatoms. The fourth-order valence-electron chi connectivity index (χ4n) is 4.53. The Kier molecular flexibility index (Phi) is 6.88. The molecule has 4 aromatic rings. The lowest BCUT2D eigenvalue weighted by atomic mass is 9.96. The second kappa shape index (κ2) is 10.5. The molecule has 0 bridgehead atoms. The summed E-state index contributed by atoms with van der Waals surface area (Å²) >= 11 is 0. The van der Waals surface area contributed by atoms with E-state index in [0.29, 0.717) is 18.0 Å². The van der Waals surface area contributed by atoms with Gasteiger partial charge in [0.2, 0.25) is 5.91 Å². The van der Waals surface area contributed by atoms with Crippen LogP contribution in [0.25, 0.3) is 17.0 Å². The van der Waals surface area contributed by atoms with Gasteiger partial charge in [0.1, 0.15) is 11.6 Å². The first-order valence-corrected chi connectivity index (χ1v) is 12.1. The average molecular weight is 471 g/mol. The third kappa shape index (κ3) is 5.26. The number of rotatable bonds is 8. The number of anilines is 1. The first kappa shape index (κ1) is 22.8. The van der Waals surface area contributed by atoms with Gasteiger partial charge in [-0.25, -0.2) is 0 Å². The Morgan fingerprint density at radius 2 is 1.77 bits per heavy atom. The van der Waals surface area contributed by atoms with Crippen molar-refractivity contribution >= 4 is 17.4 Å². The minimum Gasteiger partial charge on any atom is -0.497 e. The van der Waals surface area contributed by atoms with Crippen molar-refractivity contribution in [2.75, 3.05) is 31.6 Å². The first-order valence-electron chi connectivity index (χ1n) is 12.1. The molecule has 180 valence electrons. The lowest BCUT2D eigenvalue weighted by Gasteiger charge is -2.32. The molecule has 1 aliphatic heterocycles. The van der Waals surface area contributed by atoms with Gasteiger partial charge in [-0.3, -0.25) is 4.79 Å². The highest BCUT2D eigenvalue weighted by atomic mass is 16.5. The molecule has 2 aromatic carbocycles. The van der Waals surface area contributed by atoms with Crippen LogP contribution in [0.3, 0.4) is 0 Å². The van der Waals surface area contributed by atoms with Gasteiger partial charge in [0.25, 0.3) is 0 Å². The number of piperidine rings is 1. The second-order valence-electron chi connectivity index (χ2n) is 8.86. The summed E-state index contributed by atoms with van der Waals surface area (Å²) in [6.07, 6.45) is 3.57. The summed E-state index contributed by atoms with van der Waals surface area (Å²) in [6.45, 7) is 2.30. The van der Waals surface area contributed by atoms with Crippen molar-refractivity contribution in [1.82, 2.24) is 25.1 Å². The van der Waals surface area contributed by atoms with Gasteiger partial charge < -0.3 is 15.0 Å². The Morgan fingerprint density at radius 1 is 1.00 bits per heavy atom. The Labute approximate surface area is 204 Å². The van der Waals surface area contributed by atoms with Gasteiger partial charge in [0.15, 0.2) is 11.5 Å². The molecule has 1 N–H and O–H groups in total. The Balaban J connectivity index is 1.17. The number of nitrogens with one attached hydrogen (secondary N) is 1. The number of benzene rings is 2. The fraction of sp³-hybridized carbons (Fsp3) is 0.333. The molecule has 1 fully saturated rings. The quantitative estimate of drug-likeness (QED) is 0.395. The first-order chi connectivity index (χ1) is 17.2. The van der Waals surface area contributed by atoms with Crippen molar-refractivity contribution in [2.45, 2.75) is 25.7 Å². The van der Waals surface area contributed by atoms with E-state index < -0.39 is 0 Å². The topological polar surface area (TPSA) is 84.7 Å². The highest BCUT2D eigenvalue weighted by Gasteiger charge is 2.26. The van der Waals surface area contributed by atoms with Crippen LogP contribution in [0, 0.1) is 5.92 Å². The molecule has 1 saturated heterocycles. The third-order valence-electron chi connectivity index (χ3n) is 6.57. The number of carbonyl (C=O) groups is 1. The zero-order valence-electron chi connectivity index (χ0n) is 19.9. The summed E-state index contributed by atoms with van der Waals surface area (Å²) in [5, 5.41) is 16.5. The molecule has 0 saturated carbocycles. The smallest absolute Gasteiger partial charge is 0.223 e. The van der Waals surface area contributed by atoms with E-state index in [0.717, 1.165) is 55.9 Å². The average Bonchev–Trinajstić information content (AvgIpc) is 3.35. The number of hydrogen-bond donors (Lipinski definition) is 1. The maximum Gasteiger partial charge on any atom is 0.223 e. The van der Waals surface area contributed by atoms with Crippen LogP contribution in [0.2, 0.25) is 0 Å². The zero-order valence-corrected chi connectivity index (χ0v) is 19.9. The number of methoxy groups -OCH3 is 1. The van der Waals surface area contributed by atoms with Gasteiger partial charge in [-0.05, 0) is 67.6 Å². The van der Waals surface area contributed by atoms with E-state index in [4.69, 9.17) is 9.84 Å². The molecule has 8 nitrogen and oxygen atoms in total. The van der Waals surface area contributed by atoms with Gasteiger partial charge in [0, 0.05) is 31.1 Å². The van der Waals surface area contributed by atoms with Gasteiger partial charge in [-0.1, -0.05) is 30.3 Å². The molecule has 3 heterocycles. The molecule has 5 rings (SSSR count). The minimum absolute atomic E-state index is 0.0523. The van der Waals surface area contributed by atoms with Crippen molar-refractivity contribution in [3.8, 4) is 17.1 Å². The summed E-state index contributed by atoms with van der Waals surface area (Å²) in [5.41, 5.74) is 2.93. The van der Waals surface area contributed by atoms with Crippen molar-refractivity contribution in [3.63, 3.8) is 0 Å². The predicted octanol–water partition coefficient (Wildman–Crippen LogP) is 3.77. The molecular formula is C27H30N6O2. The molecule has 35 heavy (non-hydrogen) atoms. The van der Waals surface area contributed by atoms with Crippen LogP contribution in [-0.4, -0.2) is 52.5 Å². The number of carbonyl (C=O) groups excluding carboxylic acids is 1. The fourth-order valence-corrected chi connectivity index (χ4v) is 4.53. The van der Waals surface area contributed by atoms with E-state index in [1.165, 1.54) is 5.56 Å². The maximum atomic E-state index is 12.7. The number of amides is 1. The Bertz CT molecular complexity index is 1260. The largest absolute Gasteiger partial charge is 0.497 e. The number of hydrogen-bond acceptors (Lipinski definition) is 6. The van der Waals surface area contributed by atoms with Gasteiger partial charge >= 0.3 is 0 Å². The highest BCUT2D eigenvalue weighted by molar-refractivity contribution is 5.79. The normalized spacial score (nSPS) is 14.3. The standard InChI is InChI=1S/C27H30N6O2/c1-35-23-11-9-21(10-12-23)26-30-29-24-13-14-25(31-33(24)26)32-18-15-22(16-19-32)27(34)28-17-5-8-20-6-3-2-4-7-20/h2-4,6-7,9-14,22H,5,8,15-19H2,1H3,(H,28,34). The molecular weight excluding hydrogens is 440 g/mol. The Morgan fingerprint density at radius 3 is 2.51 bits per heavy atom. The minimum atomic E-state index is 0.0523. The van der Waals surface area contributed by atoms with E-state index >= 15 is 0 Å². The van der Waals surface area contributed by atoms with E-state index in [2.05, 4.69) is 44.7 Å². The predicted molar refractivity (Wildman–Crippen MR) is 135 cm³/mol. The van der Waals surface area contributed by atoms with Crippen LogP contribution in [0.5, 0.6) is 5.75 Å². The lowest BCUT2D eigenvalue weighted by Crippen LogP contribution is -2.41. The van der Waals surface area contributed by atoms with Crippen molar-refractivity contribution in [1.29, 1.82) is 0 Å². The lowest BCUT2D eigenvalue weighted by molar-refractivity contribution is -0.125. The second-order valence-corrected chi connectivity index (χ2v) is 8.86. The molecule has 2 aromatic heterocycles. The summed E-state index contributed by atoms with van der Waals surface area (Å²) < 4.78 is 7.03. The maximum absolute atomic E-state index is 12.7. The highest BCUT2D eigenvalue weighted by Crippen LogP contribution is 2.25. The molecule has 0 spiro atoms. The van der Waals surface area contributed by atoms with Crippen LogP contribution in [0.15, 0.2) is 66.7 Å². The molecule has 1 aliphatic rings. The summed E-state index contributed by atoms with van der Waals surface area (Å²) in [6, 6.07) is 22.0. The van der Waals surface area contributed by atoms with Crippen LogP contribution >= 0.6 is 0 Å². The van der Waals surface area contributed by atoms with Crippen LogP contribution in [0.4, 0.5) is 5.82 Å². The molecule has 0 radical (unpaired) electrons. The van der Waals surface area contributed by atoms with Crippen LogP contribution in [-0.2, 0) is 11.2 Å². The number of aromatic nitrogens is 4. The third-order valence-corrected chi connectivity index (χ3v) is 6.57. The number of nitrogens with zero attached hydrogens (tertiary/aromatic N) is 5. The summed E-state index contributed by atoms with van der Waals surface area (Å²) in [7, 11) is 1.65. The molecule has 0 atom stereocenters. The number of aryl methyl sites for hydroxylation is 1. The molecule has 1 amide bonds. The van der Waals surface area contributed by atoms with Gasteiger partial charge in [-0.2, -0.15) is 4.52 Å². The van der Waals surface area contributed by atoms with Crippen LogP contribution < -0.4 is 15.0 Å². The molecule has 0 aliphatic carbocycles. The zero-order chi connectivity index (χ0) is 24.0. The molecule has 0 unspecified atom stereocenters. The van der Waals surface area contributed by atoms with Crippen molar-refractivity contribution in [2.24, 2.45) is 5.92 Å². The Hall–Kier alpha value is -3.94. The monoisotopic (exact) mass is 470 g/mol. The summed E-state index contributed by atoms with van der Waals surface area (Å²) in [4.78, 5) is 14.9. The van der Waals surface area contributed by atoms with E-state index in [9.17, 15) is 4.79 Å². The van der Waals surface area contributed by atoms with Crippen LogP contribution in [0.1, 0.15) is 24.8 Å². The van der Waals surface area contributed by atoms with E-state index in [1.54, 1.807) is 11.6 Å². The summed E-state index contributed by atoms with van der Waals surface area (Å²) in [5.74, 6) is 2.57. The van der Waals surface area contributed by atoms with Gasteiger partial charge in [-0.15, -0.1) is 15.3 Å². The number of ether oxygens (including phenoxy) is 1. The van der Waals surface area contributed by atoms with Gasteiger partial charge in [0.05, 0.1) is 7.11 Å². The number of fused-ring (bicyclic) bond motifs is 1. The van der Waals surface area contributed by atoms with E-state index in [-0.39, 0.29) is 11.8 Å². The SMILES string of the molecule is COc1ccc(-c2nnc3ccc(N4CCC(C(=O)NCCCc5ccccc5)CC4)nn23)cc1. The van der Waals surface area contributed by atoms with E-state index in [1.807, 2.05) is 42.5 Å².